The second-order valence-corrected chi connectivity index (χ2v) is 7.44. The topological polar surface area (TPSA) is 84.9 Å². The van der Waals surface area contributed by atoms with E-state index in [1.807, 2.05) is 36.4 Å². The van der Waals surface area contributed by atoms with Crippen LogP contribution in [0.2, 0.25) is 0 Å². The van der Waals surface area contributed by atoms with E-state index in [4.69, 9.17) is 9.47 Å². The maximum Gasteiger partial charge on any atom is 0.325 e. The zero-order valence-corrected chi connectivity index (χ0v) is 16.0. The molecule has 4 atom stereocenters. The number of esters is 1. The zero-order chi connectivity index (χ0) is 19.9. The molecule has 0 unspecified atom stereocenters. The van der Waals surface area contributed by atoms with E-state index < -0.39 is 29.5 Å². The van der Waals surface area contributed by atoms with Crippen molar-refractivity contribution in [2.45, 2.75) is 32.0 Å². The minimum Gasteiger partial charge on any atom is -0.465 e. The molecule has 1 N–H and O–H groups in total. The zero-order valence-electron chi connectivity index (χ0n) is 16.0. The molecule has 0 saturated carbocycles. The van der Waals surface area contributed by atoms with Gasteiger partial charge in [0.25, 0.3) is 0 Å². The lowest BCUT2D eigenvalue weighted by Gasteiger charge is -2.23. The number of ether oxygens (including phenoxy) is 2. The van der Waals surface area contributed by atoms with Crippen LogP contribution < -0.4 is 5.32 Å². The third-order valence-electron chi connectivity index (χ3n) is 5.74. The second-order valence-electron chi connectivity index (χ2n) is 7.44. The van der Waals surface area contributed by atoms with Gasteiger partial charge in [-0.2, -0.15) is 0 Å². The summed E-state index contributed by atoms with van der Waals surface area (Å²) >= 11 is 0. The number of anilines is 1. The van der Waals surface area contributed by atoms with E-state index in [9.17, 15) is 14.4 Å². The Balaban J connectivity index is 1.51. The Morgan fingerprint density at radius 1 is 1.29 bits per heavy atom. The van der Waals surface area contributed by atoms with Gasteiger partial charge in [-0.3, -0.25) is 14.4 Å². The largest absolute Gasteiger partial charge is 0.465 e. The molecule has 0 aliphatic carbocycles. The number of hydrogen-bond acceptors (Lipinski definition) is 5. The van der Waals surface area contributed by atoms with Gasteiger partial charge in [0.05, 0.1) is 31.1 Å². The third-order valence-corrected chi connectivity index (χ3v) is 5.74. The molecule has 0 aromatic heterocycles. The molecule has 2 fully saturated rings. The van der Waals surface area contributed by atoms with Crippen LogP contribution in [0.15, 0.2) is 36.4 Å². The predicted molar refractivity (Wildman–Crippen MR) is 101 cm³/mol. The van der Waals surface area contributed by atoms with Gasteiger partial charge in [-0.15, -0.1) is 0 Å². The smallest absolute Gasteiger partial charge is 0.325 e. The van der Waals surface area contributed by atoms with Gasteiger partial charge in [-0.1, -0.05) is 31.2 Å². The molecule has 1 aromatic rings. The van der Waals surface area contributed by atoms with Gasteiger partial charge in [0.15, 0.2) is 0 Å². The summed E-state index contributed by atoms with van der Waals surface area (Å²) in [5, 5.41) is 2.91. The summed E-state index contributed by atoms with van der Waals surface area (Å²) in [6, 6.07) is 7.66. The number of fused-ring (bicyclic) bond motifs is 1. The van der Waals surface area contributed by atoms with Crippen molar-refractivity contribution in [2.75, 3.05) is 25.0 Å². The minimum absolute atomic E-state index is 0.125. The molecule has 1 spiro atoms. The molecule has 2 bridgehead atoms. The van der Waals surface area contributed by atoms with E-state index in [1.165, 1.54) is 10.5 Å². The van der Waals surface area contributed by atoms with Crippen molar-refractivity contribution in [3.8, 4) is 0 Å². The summed E-state index contributed by atoms with van der Waals surface area (Å²) < 4.78 is 11.0. The molecule has 2 amide bonds. The van der Waals surface area contributed by atoms with Crippen molar-refractivity contribution < 1.29 is 23.9 Å². The minimum atomic E-state index is -0.831. The monoisotopic (exact) mass is 384 g/mol. The molecule has 28 heavy (non-hydrogen) atoms. The molecule has 4 rings (SSSR count). The average molecular weight is 384 g/mol. The van der Waals surface area contributed by atoms with E-state index in [0.29, 0.717) is 5.69 Å². The molecule has 3 aliphatic heterocycles. The van der Waals surface area contributed by atoms with Crippen molar-refractivity contribution in [3.05, 3.63) is 42.0 Å². The van der Waals surface area contributed by atoms with E-state index >= 15 is 0 Å². The Labute approximate surface area is 163 Å². The number of carbonyl (C=O) groups excluding carboxylic acids is 3. The number of amides is 2. The van der Waals surface area contributed by atoms with Crippen molar-refractivity contribution in [3.63, 3.8) is 0 Å². The molecule has 7 heteroatoms. The summed E-state index contributed by atoms with van der Waals surface area (Å²) in [5.74, 6) is -2.16. The highest BCUT2D eigenvalue weighted by Crippen LogP contribution is 2.52. The van der Waals surface area contributed by atoms with Gasteiger partial charge >= 0.3 is 5.97 Å². The molecule has 1 aromatic carbocycles. The fourth-order valence-electron chi connectivity index (χ4n) is 4.42. The number of nitrogens with one attached hydrogen (secondary N) is 1. The average Bonchev–Trinajstić information content (AvgIpc) is 3.31. The summed E-state index contributed by atoms with van der Waals surface area (Å²) in [7, 11) is 0. The van der Waals surface area contributed by atoms with Gasteiger partial charge in [-0.25, -0.2) is 0 Å². The van der Waals surface area contributed by atoms with Gasteiger partial charge < -0.3 is 19.7 Å². The Hall–Kier alpha value is -2.67. The van der Waals surface area contributed by atoms with Crippen molar-refractivity contribution in [1.82, 2.24) is 4.90 Å². The standard InChI is InChI=1S/C21H24N2O5/c1-3-13-5-7-14(8-6-13)22-19(25)17-15-9-10-21(28-15)12-23(20(26)18(17)21)11-16(24)27-4-2/h5-10,15,17-18H,3-4,11-12H2,1-2H3,(H,22,25)/t15-,17+,18-,21-/m1/s1. The lowest BCUT2D eigenvalue weighted by Crippen LogP contribution is -2.41. The molecular weight excluding hydrogens is 360 g/mol. The highest BCUT2D eigenvalue weighted by atomic mass is 16.5. The van der Waals surface area contributed by atoms with Crippen molar-refractivity contribution in [2.24, 2.45) is 11.8 Å². The van der Waals surface area contributed by atoms with Crippen LogP contribution in [-0.2, 0) is 30.3 Å². The maximum atomic E-state index is 13.0. The fourth-order valence-corrected chi connectivity index (χ4v) is 4.42. The number of hydrogen-bond donors (Lipinski definition) is 1. The maximum absolute atomic E-state index is 13.0. The van der Waals surface area contributed by atoms with Crippen LogP contribution in [0.1, 0.15) is 19.4 Å². The van der Waals surface area contributed by atoms with Gasteiger partial charge in [0.1, 0.15) is 12.1 Å². The van der Waals surface area contributed by atoms with E-state index in [-0.39, 0.29) is 31.5 Å². The normalized spacial score (nSPS) is 29.9. The molecule has 3 heterocycles. The first kappa shape index (κ1) is 18.7. The Morgan fingerprint density at radius 2 is 2.04 bits per heavy atom. The van der Waals surface area contributed by atoms with Crippen LogP contribution in [0.4, 0.5) is 5.69 Å². The quantitative estimate of drug-likeness (QED) is 0.594. The van der Waals surface area contributed by atoms with Crippen LogP contribution in [0.3, 0.4) is 0 Å². The third kappa shape index (κ3) is 2.99. The molecule has 7 nitrogen and oxygen atoms in total. The van der Waals surface area contributed by atoms with Crippen LogP contribution in [0.5, 0.6) is 0 Å². The number of rotatable bonds is 6. The molecule has 3 aliphatic rings. The van der Waals surface area contributed by atoms with Crippen LogP contribution in [0.25, 0.3) is 0 Å². The van der Waals surface area contributed by atoms with Crippen LogP contribution >= 0.6 is 0 Å². The van der Waals surface area contributed by atoms with Crippen LogP contribution in [-0.4, -0.2) is 54.1 Å². The highest BCUT2D eigenvalue weighted by Gasteiger charge is 2.66. The first-order valence-corrected chi connectivity index (χ1v) is 9.69. The Bertz CT molecular complexity index is 834. The van der Waals surface area contributed by atoms with E-state index in [0.717, 1.165) is 6.42 Å². The Kier molecular flexibility index (Phi) is 4.71. The summed E-state index contributed by atoms with van der Waals surface area (Å²) in [4.78, 5) is 39.2. The summed E-state index contributed by atoms with van der Waals surface area (Å²) in [5.41, 5.74) is 1.04. The lowest BCUT2D eigenvalue weighted by atomic mass is 9.77. The number of benzene rings is 1. The van der Waals surface area contributed by atoms with Gasteiger partial charge in [-0.05, 0) is 31.0 Å². The summed E-state index contributed by atoms with van der Waals surface area (Å²) in [6.45, 7) is 4.18. The summed E-state index contributed by atoms with van der Waals surface area (Å²) in [6.07, 6.45) is 4.22. The molecule has 0 radical (unpaired) electrons. The number of carbonyl (C=O) groups is 3. The molecule has 148 valence electrons. The highest BCUT2D eigenvalue weighted by molar-refractivity contribution is 5.99. The first-order valence-electron chi connectivity index (χ1n) is 9.69. The second kappa shape index (κ2) is 7.05. The van der Waals surface area contributed by atoms with E-state index in [2.05, 4.69) is 12.2 Å². The number of likely N-dealkylation sites (tertiary alicyclic amines) is 1. The molecular formula is C21H24N2O5. The van der Waals surface area contributed by atoms with E-state index in [1.54, 1.807) is 6.92 Å². The number of aryl methyl sites for hydroxylation is 1. The SMILES string of the molecule is CCOC(=O)CN1C[C@@]23C=C[C@@H](O2)[C@H](C(=O)Nc2ccc(CC)cc2)[C@@H]3C1=O. The van der Waals surface area contributed by atoms with Crippen LogP contribution in [0, 0.1) is 11.8 Å². The lowest BCUT2D eigenvalue weighted by molar-refractivity contribution is -0.148. The Morgan fingerprint density at radius 3 is 2.71 bits per heavy atom. The van der Waals surface area contributed by atoms with Gasteiger partial charge in [0.2, 0.25) is 11.8 Å². The van der Waals surface area contributed by atoms with Crippen molar-refractivity contribution >= 4 is 23.5 Å². The number of nitrogens with zero attached hydrogens (tertiary/aromatic N) is 1. The first-order chi connectivity index (χ1) is 13.5. The van der Waals surface area contributed by atoms with Crippen molar-refractivity contribution in [1.29, 1.82) is 0 Å². The fraction of sp³-hybridized carbons (Fsp3) is 0.476. The predicted octanol–water partition coefficient (Wildman–Crippen LogP) is 1.53. The molecule has 2 saturated heterocycles. The van der Waals surface area contributed by atoms with Gasteiger partial charge in [0, 0.05) is 5.69 Å².